The maximum Gasteiger partial charge on any atom is 0.340 e. The van der Waals surface area contributed by atoms with E-state index in [1.54, 1.807) is 12.1 Å². The van der Waals surface area contributed by atoms with E-state index in [9.17, 15) is 18.4 Å². The highest BCUT2D eigenvalue weighted by molar-refractivity contribution is 6.23. The third-order valence-corrected chi connectivity index (χ3v) is 4.04. The quantitative estimate of drug-likeness (QED) is 0.621. The lowest BCUT2D eigenvalue weighted by atomic mass is 10.0. The number of methoxy groups -OCH3 is 1. The minimum absolute atomic E-state index is 0.0169. The van der Waals surface area contributed by atoms with Crippen LogP contribution >= 0.6 is 0 Å². The molecular formula is C20H15F2NO3. The van der Waals surface area contributed by atoms with E-state index in [0.717, 1.165) is 4.90 Å². The molecule has 4 nitrogen and oxygen atoms in total. The van der Waals surface area contributed by atoms with E-state index >= 15 is 0 Å². The summed E-state index contributed by atoms with van der Waals surface area (Å²) >= 11 is 0. The number of carbonyl (C=O) groups excluding carboxylic acids is 2. The van der Waals surface area contributed by atoms with Gasteiger partial charge in [0.15, 0.2) is 0 Å². The van der Waals surface area contributed by atoms with E-state index in [0.29, 0.717) is 5.56 Å². The van der Waals surface area contributed by atoms with Crippen molar-refractivity contribution in [2.45, 2.75) is 6.92 Å². The van der Waals surface area contributed by atoms with Crippen LogP contribution in [0.2, 0.25) is 0 Å². The van der Waals surface area contributed by atoms with Crippen molar-refractivity contribution in [1.82, 2.24) is 0 Å². The van der Waals surface area contributed by atoms with Crippen LogP contribution in [0.25, 0.3) is 6.08 Å². The number of ether oxygens (including phenoxy) is 1. The monoisotopic (exact) mass is 355 g/mol. The second kappa shape index (κ2) is 6.92. The third kappa shape index (κ3) is 3.01. The van der Waals surface area contributed by atoms with Crippen LogP contribution in [0.5, 0.6) is 0 Å². The molecule has 26 heavy (non-hydrogen) atoms. The number of para-hydroxylation sites is 1. The summed E-state index contributed by atoms with van der Waals surface area (Å²) in [6.07, 6.45) is 1.39. The molecule has 1 amide bonds. The van der Waals surface area contributed by atoms with E-state index in [1.807, 2.05) is 0 Å². The summed E-state index contributed by atoms with van der Waals surface area (Å²) in [5.74, 6) is -2.39. The number of rotatable bonds is 3. The predicted molar refractivity (Wildman–Crippen MR) is 93.0 cm³/mol. The Morgan fingerprint density at radius 2 is 1.85 bits per heavy atom. The first-order valence-corrected chi connectivity index (χ1v) is 7.80. The van der Waals surface area contributed by atoms with Gasteiger partial charge in [0.25, 0.3) is 5.91 Å². The van der Waals surface area contributed by atoms with Gasteiger partial charge in [-0.05, 0) is 42.8 Å². The topological polar surface area (TPSA) is 46.6 Å². The predicted octanol–water partition coefficient (Wildman–Crippen LogP) is 3.84. The molecule has 0 spiro atoms. The Labute approximate surface area is 149 Å². The largest absolute Gasteiger partial charge is 0.465 e. The number of allylic oxidation sites excluding steroid dienone is 1. The van der Waals surface area contributed by atoms with Gasteiger partial charge in [0.05, 0.1) is 23.9 Å². The van der Waals surface area contributed by atoms with Gasteiger partial charge in [-0.3, -0.25) is 9.69 Å². The summed E-state index contributed by atoms with van der Waals surface area (Å²) < 4.78 is 32.4. The lowest BCUT2D eigenvalue weighted by Gasteiger charge is -2.18. The fourth-order valence-corrected chi connectivity index (χ4v) is 2.87. The fourth-order valence-electron chi connectivity index (χ4n) is 2.87. The molecule has 1 heterocycles. The molecule has 2 aromatic rings. The molecule has 0 fully saturated rings. The Bertz CT molecular complexity index is 963. The number of amides is 1. The molecule has 0 N–H and O–H groups in total. The summed E-state index contributed by atoms with van der Waals surface area (Å²) in [5.41, 5.74) is 0.708. The average Bonchev–Trinajstić information content (AvgIpc) is 2.85. The van der Waals surface area contributed by atoms with Crippen molar-refractivity contribution in [3.05, 3.63) is 82.6 Å². The third-order valence-electron chi connectivity index (χ3n) is 4.04. The molecule has 1 aliphatic heterocycles. The van der Waals surface area contributed by atoms with Crippen LogP contribution in [-0.4, -0.2) is 19.0 Å². The molecule has 132 valence electrons. The van der Waals surface area contributed by atoms with E-state index in [1.165, 1.54) is 56.5 Å². The number of nitrogens with zero attached hydrogens (tertiary/aromatic N) is 1. The Balaban J connectivity index is 2.17. The van der Waals surface area contributed by atoms with Crippen molar-refractivity contribution in [3.63, 3.8) is 0 Å². The minimum atomic E-state index is -0.725. The van der Waals surface area contributed by atoms with Gasteiger partial charge in [0, 0.05) is 5.70 Å². The zero-order valence-electron chi connectivity index (χ0n) is 14.1. The zero-order valence-corrected chi connectivity index (χ0v) is 14.1. The normalized spacial score (nSPS) is 15.8. The molecule has 6 heteroatoms. The molecule has 0 aliphatic carbocycles. The number of hydrogen-bond acceptors (Lipinski definition) is 3. The Hall–Kier alpha value is -3.28. The molecule has 0 bridgehead atoms. The zero-order chi connectivity index (χ0) is 18.8. The molecule has 1 aliphatic rings. The maximum absolute atomic E-state index is 14.2. The minimum Gasteiger partial charge on any atom is -0.465 e. The Kier molecular flexibility index (Phi) is 4.67. The molecule has 0 aromatic heterocycles. The number of anilines is 1. The highest BCUT2D eigenvalue weighted by Gasteiger charge is 2.38. The van der Waals surface area contributed by atoms with Gasteiger partial charge in [0.1, 0.15) is 11.6 Å². The Morgan fingerprint density at radius 3 is 2.50 bits per heavy atom. The molecule has 0 atom stereocenters. The summed E-state index contributed by atoms with van der Waals surface area (Å²) in [7, 11) is 1.19. The lowest BCUT2D eigenvalue weighted by molar-refractivity contribution is -0.136. The van der Waals surface area contributed by atoms with Gasteiger partial charge in [0.2, 0.25) is 0 Å². The second-order valence-electron chi connectivity index (χ2n) is 5.66. The first-order valence-electron chi connectivity index (χ1n) is 7.80. The number of benzene rings is 2. The van der Waals surface area contributed by atoms with Crippen LogP contribution in [0.3, 0.4) is 0 Å². The van der Waals surface area contributed by atoms with Gasteiger partial charge >= 0.3 is 5.97 Å². The molecule has 2 aromatic carbocycles. The van der Waals surface area contributed by atoms with Crippen molar-refractivity contribution in [2.24, 2.45) is 0 Å². The van der Waals surface area contributed by atoms with Crippen LogP contribution in [0.15, 0.2) is 65.4 Å². The highest BCUT2D eigenvalue weighted by atomic mass is 19.1. The van der Waals surface area contributed by atoms with Crippen LogP contribution in [0.1, 0.15) is 12.5 Å². The first-order chi connectivity index (χ1) is 12.4. The van der Waals surface area contributed by atoms with Gasteiger partial charge < -0.3 is 4.74 Å². The summed E-state index contributed by atoms with van der Waals surface area (Å²) in [5, 5.41) is 0. The van der Waals surface area contributed by atoms with Gasteiger partial charge in [-0.2, -0.15) is 0 Å². The van der Waals surface area contributed by atoms with Gasteiger partial charge in [-0.15, -0.1) is 0 Å². The number of carbonyl (C=O) groups is 2. The Morgan fingerprint density at radius 1 is 1.12 bits per heavy atom. The lowest BCUT2D eigenvalue weighted by Crippen LogP contribution is -2.25. The van der Waals surface area contributed by atoms with Gasteiger partial charge in [-0.1, -0.05) is 24.3 Å². The van der Waals surface area contributed by atoms with Crippen molar-refractivity contribution in [2.75, 3.05) is 12.0 Å². The summed E-state index contributed by atoms with van der Waals surface area (Å²) in [6, 6.07) is 11.3. The smallest absolute Gasteiger partial charge is 0.340 e. The summed E-state index contributed by atoms with van der Waals surface area (Å²) in [4.78, 5) is 26.3. The van der Waals surface area contributed by atoms with Crippen molar-refractivity contribution in [3.8, 4) is 0 Å². The van der Waals surface area contributed by atoms with Crippen molar-refractivity contribution in [1.29, 1.82) is 0 Å². The van der Waals surface area contributed by atoms with E-state index in [4.69, 9.17) is 4.74 Å². The molecule has 3 rings (SSSR count). The fraction of sp³-hybridized carbons (Fsp3) is 0.100. The van der Waals surface area contributed by atoms with Crippen molar-refractivity contribution < 1.29 is 23.1 Å². The van der Waals surface area contributed by atoms with Crippen LogP contribution in [0.4, 0.5) is 14.5 Å². The number of hydrogen-bond donors (Lipinski definition) is 0. The van der Waals surface area contributed by atoms with Crippen LogP contribution in [0, 0.1) is 11.6 Å². The van der Waals surface area contributed by atoms with Crippen LogP contribution < -0.4 is 4.90 Å². The summed E-state index contributed by atoms with van der Waals surface area (Å²) in [6.45, 7) is 1.53. The first kappa shape index (κ1) is 17.5. The van der Waals surface area contributed by atoms with E-state index in [2.05, 4.69) is 0 Å². The molecule has 0 saturated carbocycles. The second-order valence-corrected chi connectivity index (χ2v) is 5.66. The molecule has 0 radical (unpaired) electrons. The standard InChI is InChI=1S/C20H15F2NO3/c1-12-18(20(25)26-2)15(11-13-6-5-7-14(21)10-13)19(24)23(12)17-9-4-3-8-16(17)22/h3-11H,1-2H3/b15-11-. The molecule has 0 unspecified atom stereocenters. The number of halogens is 2. The van der Waals surface area contributed by atoms with E-state index in [-0.39, 0.29) is 22.5 Å². The van der Waals surface area contributed by atoms with Crippen LogP contribution in [-0.2, 0) is 14.3 Å². The maximum atomic E-state index is 14.2. The average molecular weight is 355 g/mol. The van der Waals surface area contributed by atoms with Crippen molar-refractivity contribution >= 4 is 23.6 Å². The highest BCUT2D eigenvalue weighted by Crippen LogP contribution is 2.36. The molecular weight excluding hydrogens is 340 g/mol. The number of esters is 1. The molecule has 0 saturated heterocycles. The van der Waals surface area contributed by atoms with E-state index < -0.39 is 23.5 Å². The SMILES string of the molecule is COC(=O)C1=C(C)N(c2ccccc2F)C(=O)/C1=C\c1cccc(F)c1. The van der Waals surface area contributed by atoms with Gasteiger partial charge in [-0.25, -0.2) is 13.6 Å².